The first kappa shape index (κ1) is 12.7. The number of hydrogen-bond donors (Lipinski definition) is 1. The molecule has 1 aliphatic carbocycles. The molecule has 1 heterocycles. The van der Waals surface area contributed by atoms with Crippen molar-refractivity contribution in [1.82, 2.24) is 15.1 Å². The van der Waals surface area contributed by atoms with Crippen LogP contribution in [0.4, 0.5) is 0 Å². The first-order chi connectivity index (χ1) is 9.31. The number of hydrogen-bond acceptors (Lipinski definition) is 2. The predicted molar refractivity (Wildman–Crippen MR) is 77.9 cm³/mol. The van der Waals surface area contributed by atoms with Gasteiger partial charge in [0.25, 0.3) is 0 Å². The number of aromatic nitrogens is 2. The monoisotopic (exact) mass is 275 g/mol. The van der Waals surface area contributed by atoms with E-state index < -0.39 is 0 Å². The highest BCUT2D eigenvalue weighted by Gasteiger charge is 2.19. The normalized spacial score (nSPS) is 14.8. The number of aryl methyl sites for hydroxylation is 1. The standard InChI is InChI=1S/C15H18ClN3/c16-13-3-7-15(8-4-13)19-11-12(10-18-19)2-1-9-17-14-5-6-14/h3-4,7-8,10-11,14,17H,1-2,5-6,9H2. The van der Waals surface area contributed by atoms with Crippen LogP contribution in [0.15, 0.2) is 36.7 Å². The maximum absolute atomic E-state index is 5.88. The summed E-state index contributed by atoms with van der Waals surface area (Å²) in [5, 5.41) is 8.68. The highest BCUT2D eigenvalue weighted by atomic mass is 35.5. The molecule has 0 saturated heterocycles. The third-order valence-corrected chi connectivity index (χ3v) is 3.63. The Bertz CT molecular complexity index is 529. The number of rotatable bonds is 6. The first-order valence-corrected chi connectivity index (χ1v) is 7.22. The quantitative estimate of drug-likeness (QED) is 0.821. The lowest BCUT2D eigenvalue weighted by atomic mass is 10.2. The fourth-order valence-corrected chi connectivity index (χ4v) is 2.24. The SMILES string of the molecule is Clc1ccc(-n2cc(CCCNC3CC3)cn2)cc1. The highest BCUT2D eigenvalue weighted by Crippen LogP contribution is 2.18. The predicted octanol–water partition coefficient (Wildman–Crippen LogP) is 3.21. The van der Waals surface area contributed by atoms with Crippen molar-refractivity contribution in [3.8, 4) is 5.69 Å². The van der Waals surface area contributed by atoms with Gasteiger partial charge in [0.05, 0.1) is 11.9 Å². The second kappa shape index (κ2) is 5.76. The summed E-state index contributed by atoms with van der Waals surface area (Å²) in [5.41, 5.74) is 2.33. The zero-order chi connectivity index (χ0) is 13.1. The van der Waals surface area contributed by atoms with E-state index in [1.165, 1.54) is 24.8 Å². The van der Waals surface area contributed by atoms with Gasteiger partial charge in [0.1, 0.15) is 0 Å². The van der Waals surface area contributed by atoms with Crippen LogP contribution in [0.5, 0.6) is 0 Å². The van der Waals surface area contributed by atoms with Crippen molar-refractivity contribution in [2.75, 3.05) is 6.54 Å². The van der Waals surface area contributed by atoms with Gasteiger partial charge in [-0.1, -0.05) is 11.6 Å². The molecule has 3 nitrogen and oxygen atoms in total. The zero-order valence-electron chi connectivity index (χ0n) is 10.8. The zero-order valence-corrected chi connectivity index (χ0v) is 11.6. The summed E-state index contributed by atoms with van der Waals surface area (Å²) in [6.45, 7) is 1.11. The summed E-state index contributed by atoms with van der Waals surface area (Å²) in [6, 6.07) is 8.54. The molecular weight excluding hydrogens is 258 g/mol. The summed E-state index contributed by atoms with van der Waals surface area (Å²) in [4.78, 5) is 0. The van der Waals surface area contributed by atoms with E-state index in [2.05, 4.69) is 16.6 Å². The Kier molecular flexibility index (Phi) is 3.85. The Labute approximate surface area is 118 Å². The van der Waals surface area contributed by atoms with Crippen molar-refractivity contribution >= 4 is 11.6 Å². The molecule has 0 spiro atoms. The molecule has 0 bridgehead atoms. The van der Waals surface area contributed by atoms with E-state index in [4.69, 9.17) is 11.6 Å². The second-order valence-corrected chi connectivity index (χ2v) is 5.54. The Morgan fingerprint density at radius 1 is 1.26 bits per heavy atom. The second-order valence-electron chi connectivity index (χ2n) is 5.10. The summed E-state index contributed by atoms with van der Waals surface area (Å²) < 4.78 is 1.90. The molecule has 0 atom stereocenters. The maximum atomic E-state index is 5.88. The summed E-state index contributed by atoms with van der Waals surface area (Å²) in [6.07, 6.45) is 9.01. The maximum Gasteiger partial charge on any atom is 0.0646 e. The van der Waals surface area contributed by atoms with E-state index in [-0.39, 0.29) is 0 Å². The van der Waals surface area contributed by atoms with Gasteiger partial charge in [0.2, 0.25) is 0 Å². The van der Waals surface area contributed by atoms with E-state index in [0.717, 1.165) is 29.7 Å². The molecule has 2 aromatic rings. The van der Waals surface area contributed by atoms with Crippen molar-refractivity contribution in [3.63, 3.8) is 0 Å². The summed E-state index contributed by atoms with van der Waals surface area (Å²) in [5.74, 6) is 0. The molecule has 1 aromatic carbocycles. The van der Waals surface area contributed by atoms with E-state index in [1.54, 1.807) is 0 Å². The largest absolute Gasteiger partial charge is 0.314 e. The van der Waals surface area contributed by atoms with Crippen LogP contribution in [0.25, 0.3) is 5.69 Å². The lowest BCUT2D eigenvalue weighted by molar-refractivity contribution is 0.645. The van der Waals surface area contributed by atoms with Gasteiger partial charge in [-0.2, -0.15) is 5.10 Å². The van der Waals surface area contributed by atoms with Crippen molar-refractivity contribution in [2.45, 2.75) is 31.7 Å². The van der Waals surface area contributed by atoms with Gasteiger partial charge in [-0.25, -0.2) is 4.68 Å². The molecule has 19 heavy (non-hydrogen) atoms. The molecule has 0 unspecified atom stereocenters. The van der Waals surface area contributed by atoms with E-state index in [1.807, 2.05) is 35.1 Å². The molecule has 3 rings (SSSR count). The third kappa shape index (κ3) is 3.58. The van der Waals surface area contributed by atoms with E-state index in [0.29, 0.717) is 0 Å². The minimum atomic E-state index is 0.752. The van der Waals surface area contributed by atoms with Gasteiger partial charge in [-0.15, -0.1) is 0 Å². The number of halogens is 1. The minimum Gasteiger partial charge on any atom is -0.314 e. The van der Waals surface area contributed by atoms with Crippen LogP contribution in [-0.2, 0) is 6.42 Å². The van der Waals surface area contributed by atoms with Crippen LogP contribution in [0.3, 0.4) is 0 Å². The molecule has 4 heteroatoms. The Balaban J connectivity index is 1.54. The van der Waals surface area contributed by atoms with Crippen LogP contribution in [0.2, 0.25) is 5.02 Å². The van der Waals surface area contributed by atoms with Crippen LogP contribution >= 0.6 is 11.6 Å². The topological polar surface area (TPSA) is 29.9 Å². The van der Waals surface area contributed by atoms with E-state index >= 15 is 0 Å². The van der Waals surface area contributed by atoms with Crippen molar-refractivity contribution < 1.29 is 0 Å². The smallest absolute Gasteiger partial charge is 0.0646 e. The lowest BCUT2D eigenvalue weighted by Crippen LogP contribution is -2.17. The fraction of sp³-hybridized carbons (Fsp3) is 0.400. The molecular formula is C15H18ClN3. The molecule has 100 valence electrons. The molecule has 1 N–H and O–H groups in total. The van der Waals surface area contributed by atoms with Gasteiger partial charge in [0, 0.05) is 17.3 Å². The number of nitrogens with one attached hydrogen (secondary N) is 1. The van der Waals surface area contributed by atoms with E-state index in [9.17, 15) is 0 Å². The average Bonchev–Trinajstić information content (AvgIpc) is 3.13. The third-order valence-electron chi connectivity index (χ3n) is 3.38. The van der Waals surface area contributed by atoms with Crippen molar-refractivity contribution in [2.24, 2.45) is 0 Å². The van der Waals surface area contributed by atoms with Crippen molar-refractivity contribution in [1.29, 1.82) is 0 Å². The van der Waals surface area contributed by atoms with Gasteiger partial charge in [0.15, 0.2) is 0 Å². The van der Waals surface area contributed by atoms with Crippen LogP contribution < -0.4 is 5.32 Å². The molecule has 1 aromatic heterocycles. The van der Waals surface area contributed by atoms with Crippen LogP contribution in [-0.4, -0.2) is 22.4 Å². The molecule has 1 aliphatic rings. The number of nitrogens with zero attached hydrogens (tertiary/aromatic N) is 2. The molecule has 1 fully saturated rings. The van der Waals surface area contributed by atoms with Crippen LogP contribution in [0.1, 0.15) is 24.8 Å². The summed E-state index contributed by atoms with van der Waals surface area (Å²) >= 11 is 5.88. The Morgan fingerprint density at radius 2 is 2.05 bits per heavy atom. The minimum absolute atomic E-state index is 0.752. The molecule has 0 radical (unpaired) electrons. The van der Waals surface area contributed by atoms with Gasteiger partial charge in [-0.05, 0) is 62.1 Å². The highest BCUT2D eigenvalue weighted by molar-refractivity contribution is 6.30. The molecule has 1 saturated carbocycles. The average molecular weight is 276 g/mol. The Hall–Kier alpha value is -1.32. The van der Waals surface area contributed by atoms with Gasteiger partial charge >= 0.3 is 0 Å². The Morgan fingerprint density at radius 3 is 2.79 bits per heavy atom. The van der Waals surface area contributed by atoms with Gasteiger partial charge < -0.3 is 5.32 Å². The lowest BCUT2D eigenvalue weighted by Gasteiger charge is -2.01. The summed E-state index contributed by atoms with van der Waals surface area (Å²) in [7, 11) is 0. The number of benzene rings is 1. The molecule has 0 amide bonds. The van der Waals surface area contributed by atoms with Gasteiger partial charge in [-0.3, -0.25) is 0 Å². The molecule has 0 aliphatic heterocycles. The van der Waals surface area contributed by atoms with Crippen LogP contribution in [0, 0.1) is 0 Å². The fourth-order valence-electron chi connectivity index (χ4n) is 2.11. The van der Waals surface area contributed by atoms with Crippen molar-refractivity contribution in [3.05, 3.63) is 47.2 Å². The first-order valence-electron chi connectivity index (χ1n) is 6.84.